The minimum absolute atomic E-state index is 0.114. The minimum Gasteiger partial charge on any atom is -0.474 e. The fourth-order valence-electron chi connectivity index (χ4n) is 1.83. The molecule has 1 atom stereocenters. The van der Waals surface area contributed by atoms with Crippen LogP contribution in [0, 0.1) is 6.92 Å². The Hall–Kier alpha value is -2.54. The van der Waals surface area contributed by atoms with E-state index in [0.29, 0.717) is 17.3 Å². The van der Waals surface area contributed by atoms with Crippen LogP contribution in [-0.4, -0.2) is 33.6 Å². The lowest BCUT2D eigenvalue weighted by Gasteiger charge is -2.07. The number of aliphatic hydroxyl groups excluding tert-OH is 1. The Morgan fingerprint density at radius 1 is 1.48 bits per heavy atom. The van der Waals surface area contributed by atoms with Gasteiger partial charge in [-0.25, -0.2) is 9.48 Å². The highest BCUT2D eigenvalue weighted by Crippen LogP contribution is 2.28. The van der Waals surface area contributed by atoms with Crippen LogP contribution in [0.4, 0.5) is 10.6 Å². The molecule has 0 saturated heterocycles. The molecule has 7 nitrogen and oxygen atoms in total. The molecule has 0 aliphatic carbocycles. The molecular weight excluding hydrogens is 272 g/mol. The zero-order chi connectivity index (χ0) is 15.4. The molecule has 0 aliphatic rings. The van der Waals surface area contributed by atoms with Gasteiger partial charge in [0, 0.05) is 0 Å². The van der Waals surface area contributed by atoms with Gasteiger partial charge in [0.1, 0.15) is 12.4 Å². The van der Waals surface area contributed by atoms with E-state index in [1.807, 2.05) is 30.3 Å². The van der Waals surface area contributed by atoms with Crippen LogP contribution in [0.15, 0.2) is 30.3 Å². The number of hydrogen-bond acceptors (Lipinski definition) is 4. The Morgan fingerprint density at radius 3 is 2.71 bits per heavy atom. The monoisotopic (exact) mass is 290 g/mol. The Kier molecular flexibility index (Phi) is 4.44. The summed E-state index contributed by atoms with van der Waals surface area (Å²) in [6.07, 6.45) is -0.612. The Balaban J connectivity index is 2.42. The molecule has 1 heterocycles. The third-order valence-electron chi connectivity index (χ3n) is 2.78. The van der Waals surface area contributed by atoms with Gasteiger partial charge in [0.05, 0.1) is 17.4 Å². The molecule has 21 heavy (non-hydrogen) atoms. The number of primary amides is 1. The van der Waals surface area contributed by atoms with Crippen molar-refractivity contribution in [2.45, 2.75) is 20.0 Å². The van der Waals surface area contributed by atoms with E-state index in [2.05, 4.69) is 10.4 Å². The van der Waals surface area contributed by atoms with Crippen molar-refractivity contribution >= 4 is 11.8 Å². The number of ether oxygens (including phenoxy) is 1. The molecule has 7 heteroatoms. The minimum atomic E-state index is -0.683. The second-order valence-corrected chi connectivity index (χ2v) is 4.68. The number of nitrogens with one attached hydrogen (secondary N) is 1. The molecule has 0 fully saturated rings. The van der Waals surface area contributed by atoms with E-state index < -0.39 is 12.1 Å². The number of nitrogens with two attached hydrogens (primary N) is 1. The quantitative estimate of drug-likeness (QED) is 0.775. The number of urea groups is 1. The van der Waals surface area contributed by atoms with Crippen molar-refractivity contribution in [2.24, 2.45) is 5.73 Å². The maximum Gasteiger partial charge on any atom is 0.317 e. The molecule has 2 rings (SSSR count). The van der Waals surface area contributed by atoms with Crippen molar-refractivity contribution < 1.29 is 14.6 Å². The number of aromatic nitrogens is 2. The van der Waals surface area contributed by atoms with E-state index in [0.717, 1.165) is 5.69 Å². The first-order valence-electron chi connectivity index (χ1n) is 6.51. The van der Waals surface area contributed by atoms with Gasteiger partial charge < -0.3 is 15.6 Å². The predicted molar refractivity (Wildman–Crippen MR) is 78.7 cm³/mol. The SMILES string of the molecule is Cc1c(OCC(C)O)nn(-c2ccccc2)c1NC(N)=O. The topological polar surface area (TPSA) is 102 Å². The van der Waals surface area contributed by atoms with Crippen LogP contribution in [0.25, 0.3) is 5.69 Å². The lowest BCUT2D eigenvalue weighted by molar-refractivity contribution is 0.119. The van der Waals surface area contributed by atoms with Crippen molar-refractivity contribution in [1.29, 1.82) is 0 Å². The number of anilines is 1. The lowest BCUT2D eigenvalue weighted by atomic mass is 10.3. The fourth-order valence-corrected chi connectivity index (χ4v) is 1.83. The highest BCUT2D eigenvalue weighted by atomic mass is 16.5. The molecule has 2 aromatic rings. The van der Waals surface area contributed by atoms with E-state index in [1.54, 1.807) is 13.8 Å². The van der Waals surface area contributed by atoms with Crippen LogP contribution < -0.4 is 15.8 Å². The largest absolute Gasteiger partial charge is 0.474 e. The molecular formula is C14H18N4O3. The Labute approximate surface area is 122 Å². The molecule has 1 aromatic heterocycles. The number of carbonyl (C=O) groups is 1. The normalized spacial score (nSPS) is 12.0. The van der Waals surface area contributed by atoms with E-state index >= 15 is 0 Å². The Morgan fingerprint density at radius 2 is 2.14 bits per heavy atom. The van der Waals surface area contributed by atoms with Crippen molar-refractivity contribution in [3.05, 3.63) is 35.9 Å². The van der Waals surface area contributed by atoms with Crippen LogP contribution in [0.2, 0.25) is 0 Å². The van der Waals surface area contributed by atoms with Crippen molar-refractivity contribution in [3.63, 3.8) is 0 Å². The first-order valence-corrected chi connectivity index (χ1v) is 6.51. The standard InChI is InChI=1S/C14H18N4O3/c1-9(19)8-21-13-10(2)12(16-14(15)20)18(17-13)11-6-4-3-5-7-11/h3-7,9,19H,8H2,1-2H3,(H3,15,16,20). The van der Waals surface area contributed by atoms with E-state index in [1.165, 1.54) is 4.68 Å². The van der Waals surface area contributed by atoms with E-state index in [-0.39, 0.29) is 6.61 Å². The molecule has 0 saturated carbocycles. The van der Waals surface area contributed by atoms with Crippen LogP contribution in [-0.2, 0) is 0 Å². The summed E-state index contributed by atoms with van der Waals surface area (Å²) in [5, 5.41) is 16.2. The predicted octanol–water partition coefficient (Wildman–Crippen LogP) is 1.43. The average Bonchev–Trinajstić information content (AvgIpc) is 2.74. The molecule has 0 bridgehead atoms. The van der Waals surface area contributed by atoms with E-state index in [4.69, 9.17) is 10.5 Å². The van der Waals surface area contributed by atoms with Gasteiger partial charge in [0.15, 0.2) is 0 Å². The van der Waals surface area contributed by atoms with Crippen LogP contribution in [0.5, 0.6) is 5.88 Å². The summed E-state index contributed by atoms with van der Waals surface area (Å²) < 4.78 is 6.99. The summed E-state index contributed by atoms with van der Waals surface area (Å²) in [6, 6.07) is 8.60. The third-order valence-corrected chi connectivity index (χ3v) is 2.78. The molecule has 112 valence electrons. The number of aliphatic hydroxyl groups is 1. The average molecular weight is 290 g/mol. The van der Waals surface area contributed by atoms with Gasteiger partial charge in [0.2, 0.25) is 5.88 Å². The highest BCUT2D eigenvalue weighted by molar-refractivity contribution is 5.88. The summed E-state index contributed by atoms with van der Waals surface area (Å²) >= 11 is 0. The number of hydrogen-bond donors (Lipinski definition) is 3. The van der Waals surface area contributed by atoms with Crippen molar-refractivity contribution in [1.82, 2.24) is 9.78 Å². The number of rotatable bonds is 5. The zero-order valence-corrected chi connectivity index (χ0v) is 11.9. The van der Waals surface area contributed by atoms with Gasteiger partial charge in [-0.3, -0.25) is 5.32 Å². The number of amides is 2. The van der Waals surface area contributed by atoms with Crippen LogP contribution >= 0.6 is 0 Å². The molecule has 0 radical (unpaired) electrons. The summed E-state index contributed by atoms with van der Waals surface area (Å²) in [7, 11) is 0. The molecule has 2 amide bonds. The van der Waals surface area contributed by atoms with Gasteiger partial charge in [0.25, 0.3) is 0 Å². The third kappa shape index (κ3) is 3.51. The first-order chi connectivity index (χ1) is 9.99. The summed E-state index contributed by atoms with van der Waals surface area (Å²) in [6.45, 7) is 3.49. The van der Waals surface area contributed by atoms with Gasteiger partial charge in [-0.1, -0.05) is 18.2 Å². The molecule has 4 N–H and O–H groups in total. The second-order valence-electron chi connectivity index (χ2n) is 4.68. The fraction of sp³-hybridized carbons (Fsp3) is 0.286. The highest BCUT2D eigenvalue weighted by Gasteiger charge is 2.18. The lowest BCUT2D eigenvalue weighted by Crippen LogP contribution is -2.21. The maximum atomic E-state index is 11.2. The first kappa shape index (κ1) is 14.9. The van der Waals surface area contributed by atoms with Gasteiger partial charge in [-0.2, -0.15) is 0 Å². The van der Waals surface area contributed by atoms with E-state index in [9.17, 15) is 9.90 Å². The van der Waals surface area contributed by atoms with Gasteiger partial charge >= 0.3 is 6.03 Å². The van der Waals surface area contributed by atoms with Gasteiger partial charge in [-0.05, 0) is 26.0 Å². The molecule has 1 unspecified atom stereocenters. The summed E-state index contributed by atoms with van der Waals surface area (Å²) in [5.41, 5.74) is 6.60. The molecule has 0 spiro atoms. The zero-order valence-electron chi connectivity index (χ0n) is 11.9. The Bertz CT molecular complexity index is 623. The maximum absolute atomic E-state index is 11.2. The molecule has 1 aromatic carbocycles. The van der Waals surface area contributed by atoms with Crippen molar-refractivity contribution in [2.75, 3.05) is 11.9 Å². The van der Waals surface area contributed by atoms with Crippen LogP contribution in [0.1, 0.15) is 12.5 Å². The number of para-hydroxylation sites is 1. The number of carbonyl (C=O) groups excluding carboxylic acids is 1. The second kappa shape index (κ2) is 6.27. The number of benzene rings is 1. The molecule has 0 aliphatic heterocycles. The smallest absolute Gasteiger partial charge is 0.317 e. The van der Waals surface area contributed by atoms with Crippen molar-refractivity contribution in [3.8, 4) is 11.6 Å². The summed E-state index contributed by atoms with van der Waals surface area (Å²) in [4.78, 5) is 11.2. The van der Waals surface area contributed by atoms with Gasteiger partial charge in [-0.15, -0.1) is 5.10 Å². The van der Waals surface area contributed by atoms with Crippen LogP contribution in [0.3, 0.4) is 0 Å². The number of nitrogens with zero attached hydrogens (tertiary/aromatic N) is 2. The summed E-state index contributed by atoms with van der Waals surface area (Å²) in [5.74, 6) is 0.776.